The van der Waals surface area contributed by atoms with Crippen LogP contribution in [0, 0.1) is 25.7 Å². The highest BCUT2D eigenvalue weighted by Gasteiger charge is 2.50. The molecular weight excluding hydrogens is 488 g/mol. The van der Waals surface area contributed by atoms with E-state index in [1.165, 1.54) is 27.8 Å². The zero-order chi connectivity index (χ0) is 27.7. The van der Waals surface area contributed by atoms with Gasteiger partial charge in [-0.2, -0.15) is 10.2 Å². The molecule has 0 saturated heterocycles. The van der Waals surface area contributed by atoms with E-state index in [2.05, 4.69) is 53.7 Å². The van der Waals surface area contributed by atoms with Crippen molar-refractivity contribution in [3.8, 4) is 0 Å². The van der Waals surface area contributed by atoms with E-state index in [0.717, 1.165) is 41.8 Å². The summed E-state index contributed by atoms with van der Waals surface area (Å²) in [5.74, 6) is 0.547. The number of fused-ring (bicyclic) bond motifs is 2. The molecule has 1 aliphatic carbocycles. The Balaban J connectivity index is 0.000000257. The Bertz CT molecular complexity index is 1520. The van der Waals surface area contributed by atoms with Crippen LogP contribution in [0.25, 0.3) is 11.0 Å². The monoisotopic (exact) mass is 526 g/mol. The standard InChI is InChI=1S/C22H30N6O.C9H8O/c1-6-13(2)10-23-19-7-8-28(12-14(19)3)22(29)21-17-9-16(17)20(25-26-21)18-11-24-27(5)15(18)4;1-7-6-10-9-5-3-2-4-8(7)9/h10-11,16-17,23H,6-9,12H2,1-5H3;2-6H,1H3. The molecule has 1 saturated carbocycles. The lowest BCUT2D eigenvalue weighted by Gasteiger charge is -2.30. The first-order valence-corrected chi connectivity index (χ1v) is 13.8. The van der Waals surface area contributed by atoms with Crippen LogP contribution in [0.15, 0.2) is 74.4 Å². The maximum atomic E-state index is 13.1. The van der Waals surface area contributed by atoms with Crippen molar-refractivity contribution in [3.05, 3.63) is 76.6 Å². The summed E-state index contributed by atoms with van der Waals surface area (Å²) >= 11 is 0. The third-order valence-electron chi connectivity index (χ3n) is 8.08. The zero-order valence-corrected chi connectivity index (χ0v) is 23.8. The van der Waals surface area contributed by atoms with Gasteiger partial charge in [0.05, 0.1) is 18.2 Å². The van der Waals surface area contributed by atoms with Crippen LogP contribution in [-0.2, 0) is 11.8 Å². The lowest BCUT2D eigenvalue weighted by atomic mass is 10.0. The average Bonchev–Trinajstić information content (AvgIpc) is 3.58. The Morgan fingerprint density at radius 3 is 2.67 bits per heavy atom. The Kier molecular flexibility index (Phi) is 7.55. The fraction of sp³-hybridized carbons (Fsp3) is 0.419. The van der Waals surface area contributed by atoms with Gasteiger partial charge in [-0.25, -0.2) is 0 Å². The molecule has 3 aromatic rings. The van der Waals surface area contributed by atoms with E-state index in [1.54, 1.807) is 6.26 Å². The average molecular weight is 527 g/mol. The quantitative estimate of drug-likeness (QED) is 0.464. The molecule has 8 heteroatoms. The molecule has 0 spiro atoms. The van der Waals surface area contributed by atoms with Gasteiger partial charge >= 0.3 is 0 Å². The van der Waals surface area contributed by atoms with Crippen LogP contribution in [0.1, 0.15) is 56.9 Å². The number of carbonyl (C=O) groups excluding carboxylic acids is 1. The first-order chi connectivity index (χ1) is 18.8. The molecule has 4 heterocycles. The lowest BCUT2D eigenvalue weighted by molar-refractivity contribution is -0.124. The first-order valence-electron chi connectivity index (χ1n) is 13.8. The molecule has 2 unspecified atom stereocenters. The van der Waals surface area contributed by atoms with Crippen LogP contribution in [0.2, 0.25) is 0 Å². The number of rotatable bonds is 5. The molecule has 2 aliphatic heterocycles. The number of para-hydroxylation sites is 1. The van der Waals surface area contributed by atoms with Gasteiger partial charge in [0.15, 0.2) is 0 Å². The summed E-state index contributed by atoms with van der Waals surface area (Å²) in [6, 6.07) is 8.03. The van der Waals surface area contributed by atoms with Gasteiger partial charge in [0.1, 0.15) is 11.3 Å². The second-order valence-electron chi connectivity index (χ2n) is 10.8. The number of hydrogen-bond acceptors (Lipinski definition) is 6. The summed E-state index contributed by atoms with van der Waals surface area (Å²) in [4.78, 5) is 15.0. The molecule has 39 heavy (non-hydrogen) atoms. The fourth-order valence-electron chi connectivity index (χ4n) is 5.14. The van der Waals surface area contributed by atoms with Gasteiger partial charge in [0.25, 0.3) is 5.91 Å². The molecule has 3 aliphatic rings. The van der Waals surface area contributed by atoms with Gasteiger partial charge in [0, 0.05) is 60.7 Å². The van der Waals surface area contributed by atoms with Gasteiger partial charge < -0.3 is 14.6 Å². The Labute approximate surface area is 230 Å². The third-order valence-corrected chi connectivity index (χ3v) is 8.08. The molecule has 204 valence electrons. The topological polar surface area (TPSA) is 88.0 Å². The number of hydrogen-bond donors (Lipinski definition) is 1. The van der Waals surface area contributed by atoms with E-state index in [-0.39, 0.29) is 11.8 Å². The Hall–Kier alpha value is -3.94. The molecule has 1 fully saturated rings. The van der Waals surface area contributed by atoms with Crippen molar-refractivity contribution in [2.45, 2.75) is 53.9 Å². The maximum Gasteiger partial charge on any atom is 0.270 e. The van der Waals surface area contributed by atoms with Crippen molar-refractivity contribution in [3.63, 3.8) is 0 Å². The van der Waals surface area contributed by atoms with E-state index in [4.69, 9.17) is 4.42 Å². The van der Waals surface area contributed by atoms with Gasteiger partial charge in [-0.05, 0) is 63.9 Å². The van der Waals surface area contributed by atoms with E-state index in [9.17, 15) is 4.79 Å². The maximum absolute atomic E-state index is 13.1. The highest BCUT2D eigenvalue weighted by molar-refractivity contribution is 6.41. The molecule has 1 N–H and O–H groups in total. The highest BCUT2D eigenvalue weighted by atomic mass is 16.3. The number of carbonyl (C=O) groups is 1. The smallest absolute Gasteiger partial charge is 0.270 e. The number of furan rings is 1. The van der Waals surface area contributed by atoms with Crippen LogP contribution >= 0.6 is 0 Å². The van der Waals surface area contributed by atoms with Crippen molar-refractivity contribution in [1.82, 2.24) is 20.0 Å². The molecule has 2 atom stereocenters. The normalized spacial score (nSPS) is 20.7. The molecule has 0 bridgehead atoms. The van der Waals surface area contributed by atoms with Crippen molar-refractivity contribution in [2.75, 3.05) is 13.1 Å². The minimum atomic E-state index is 0.0434. The minimum Gasteiger partial charge on any atom is -0.464 e. The molecule has 6 rings (SSSR count). The largest absolute Gasteiger partial charge is 0.464 e. The van der Waals surface area contributed by atoms with Crippen molar-refractivity contribution in [1.29, 1.82) is 0 Å². The van der Waals surface area contributed by atoms with Gasteiger partial charge in [0.2, 0.25) is 0 Å². The number of nitrogens with one attached hydrogen (secondary N) is 1. The van der Waals surface area contributed by atoms with Gasteiger partial charge in [-0.1, -0.05) is 30.7 Å². The van der Waals surface area contributed by atoms with Crippen molar-refractivity contribution < 1.29 is 9.21 Å². The van der Waals surface area contributed by atoms with Crippen LogP contribution in [0.3, 0.4) is 0 Å². The Morgan fingerprint density at radius 1 is 1.18 bits per heavy atom. The predicted molar refractivity (Wildman–Crippen MR) is 156 cm³/mol. The van der Waals surface area contributed by atoms with E-state index >= 15 is 0 Å². The van der Waals surface area contributed by atoms with Crippen LogP contribution in [-0.4, -0.2) is 45.1 Å². The van der Waals surface area contributed by atoms with Crippen molar-refractivity contribution >= 4 is 28.3 Å². The Morgan fingerprint density at radius 2 is 1.97 bits per heavy atom. The number of allylic oxidation sites excluding steroid dienone is 1. The number of aromatic nitrogens is 2. The van der Waals surface area contributed by atoms with Gasteiger partial charge in [-0.15, -0.1) is 5.10 Å². The summed E-state index contributed by atoms with van der Waals surface area (Å²) in [6.45, 7) is 11.8. The zero-order valence-electron chi connectivity index (χ0n) is 23.8. The summed E-state index contributed by atoms with van der Waals surface area (Å²) in [7, 11) is 1.93. The summed E-state index contributed by atoms with van der Waals surface area (Å²) in [6.07, 6.45) is 8.54. The summed E-state index contributed by atoms with van der Waals surface area (Å²) < 4.78 is 7.10. The summed E-state index contributed by atoms with van der Waals surface area (Å²) in [5, 5.41) is 17.8. The number of nitrogens with zero attached hydrogens (tertiary/aromatic N) is 5. The second kappa shape index (κ2) is 11.0. The summed E-state index contributed by atoms with van der Waals surface area (Å²) in [5.41, 5.74) is 9.69. The molecular formula is C31H38N6O2. The number of amides is 1. The van der Waals surface area contributed by atoms with E-state index in [1.807, 2.05) is 54.9 Å². The van der Waals surface area contributed by atoms with Gasteiger partial charge in [-0.3, -0.25) is 9.48 Å². The number of aryl methyl sites for hydroxylation is 2. The molecule has 1 amide bonds. The second-order valence-corrected chi connectivity index (χ2v) is 10.8. The lowest BCUT2D eigenvalue weighted by Crippen LogP contribution is -2.43. The minimum absolute atomic E-state index is 0.0434. The van der Waals surface area contributed by atoms with Crippen LogP contribution in [0.5, 0.6) is 0 Å². The molecule has 0 radical (unpaired) electrons. The van der Waals surface area contributed by atoms with E-state index in [0.29, 0.717) is 24.7 Å². The van der Waals surface area contributed by atoms with E-state index < -0.39 is 0 Å². The predicted octanol–water partition coefficient (Wildman–Crippen LogP) is 5.67. The van der Waals surface area contributed by atoms with Crippen LogP contribution in [0.4, 0.5) is 0 Å². The fourth-order valence-corrected chi connectivity index (χ4v) is 5.14. The molecule has 1 aromatic carbocycles. The first kappa shape index (κ1) is 26.7. The van der Waals surface area contributed by atoms with Crippen LogP contribution < -0.4 is 5.32 Å². The molecule has 8 nitrogen and oxygen atoms in total. The molecule has 2 aromatic heterocycles. The number of benzene rings is 1. The van der Waals surface area contributed by atoms with Crippen molar-refractivity contribution in [2.24, 2.45) is 29.1 Å². The third kappa shape index (κ3) is 5.46. The highest BCUT2D eigenvalue weighted by Crippen LogP contribution is 2.45. The SMILES string of the molecule is CCC(C)=CNC1=C(C)CN(C(=O)C2=NN=C(c3cnn(C)c3C)C3CC23)CC1.Cc1coc2ccccc12.